The minimum atomic E-state index is -0.969. The maximum atomic E-state index is 11.2. The summed E-state index contributed by atoms with van der Waals surface area (Å²) in [4.78, 5) is 15.3. The van der Waals surface area contributed by atoms with E-state index in [4.69, 9.17) is 15.1 Å². The molecular weight excluding hydrogens is 246 g/mol. The summed E-state index contributed by atoms with van der Waals surface area (Å²) < 4.78 is 4.90. The van der Waals surface area contributed by atoms with Gasteiger partial charge in [0.25, 0.3) is 0 Å². The van der Waals surface area contributed by atoms with Gasteiger partial charge in [-0.15, -0.1) is 0 Å². The average Bonchev–Trinajstić information content (AvgIpc) is 2.38. The minimum absolute atomic E-state index is 0.312. The molecule has 1 aromatic rings. The summed E-state index contributed by atoms with van der Waals surface area (Å²) in [6.07, 6.45) is 1.03. The van der Waals surface area contributed by atoms with Crippen LogP contribution in [0.25, 0.3) is 0 Å². The van der Waals surface area contributed by atoms with Crippen LogP contribution in [0.1, 0.15) is 24.1 Å². The number of nitriles is 1. The summed E-state index contributed by atoms with van der Waals surface area (Å²) in [7, 11) is 1.57. The molecule has 0 aliphatic carbocycles. The molecule has 6 nitrogen and oxygen atoms in total. The Morgan fingerprint density at radius 3 is 2.95 bits per heavy atom. The van der Waals surface area contributed by atoms with Gasteiger partial charge in [-0.1, -0.05) is 0 Å². The fourth-order valence-electron chi connectivity index (χ4n) is 1.61. The van der Waals surface area contributed by atoms with Gasteiger partial charge in [0.1, 0.15) is 17.9 Å². The second kappa shape index (κ2) is 7.34. The SMILES string of the molecule is COCCCC(Nc1nc(C)ccc1C#N)C(=O)O. The number of methoxy groups -OCH3 is 1. The summed E-state index contributed by atoms with van der Waals surface area (Å²) >= 11 is 0. The van der Waals surface area contributed by atoms with Gasteiger partial charge in [-0.2, -0.15) is 5.26 Å². The molecular formula is C13H17N3O3. The molecule has 0 bridgehead atoms. The van der Waals surface area contributed by atoms with E-state index in [1.807, 2.05) is 6.07 Å². The Balaban J connectivity index is 2.81. The van der Waals surface area contributed by atoms with Crippen molar-refractivity contribution in [3.8, 4) is 6.07 Å². The molecule has 0 saturated heterocycles. The number of ether oxygens (including phenoxy) is 1. The van der Waals surface area contributed by atoms with E-state index in [-0.39, 0.29) is 0 Å². The molecule has 102 valence electrons. The molecule has 6 heteroatoms. The summed E-state index contributed by atoms with van der Waals surface area (Å²) in [5.74, 6) is -0.657. The molecule has 19 heavy (non-hydrogen) atoms. The number of aryl methyl sites for hydroxylation is 1. The number of carbonyl (C=O) groups is 1. The van der Waals surface area contributed by atoms with E-state index >= 15 is 0 Å². The highest BCUT2D eigenvalue weighted by Gasteiger charge is 2.18. The van der Waals surface area contributed by atoms with Crippen LogP contribution >= 0.6 is 0 Å². The first kappa shape index (κ1) is 14.9. The van der Waals surface area contributed by atoms with E-state index < -0.39 is 12.0 Å². The molecule has 0 aliphatic rings. The molecule has 0 amide bonds. The van der Waals surface area contributed by atoms with Crippen LogP contribution < -0.4 is 5.32 Å². The molecule has 1 heterocycles. The fraction of sp³-hybridized carbons (Fsp3) is 0.462. The van der Waals surface area contributed by atoms with Gasteiger partial charge in [-0.05, 0) is 31.9 Å². The van der Waals surface area contributed by atoms with E-state index in [2.05, 4.69) is 10.3 Å². The molecule has 0 aromatic carbocycles. The zero-order valence-corrected chi connectivity index (χ0v) is 11.0. The number of aliphatic carboxylic acids is 1. The zero-order chi connectivity index (χ0) is 14.3. The molecule has 1 unspecified atom stereocenters. The quantitative estimate of drug-likeness (QED) is 0.725. The van der Waals surface area contributed by atoms with E-state index in [1.54, 1.807) is 26.2 Å². The van der Waals surface area contributed by atoms with Crippen LogP contribution in [0.3, 0.4) is 0 Å². The molecule has 0 spiro atoms. The number of hydrogen-bond donors (Lipinski definition) is 2. The van der Waals surface area contributed by atoms with Gasteiger partial charge in [0, 0.05) is 19.4 Å². The van der Waals surface area contributed by atoms with E-state index in [1.165, 1.54) is 0 Å². The Morgan fingerprint density at radius 2 is 2.37 bits per heavy atom. The van der Waals surface area contributed by atoms with E-state index in [0.717, 1.165) is 5.69 Å². The second-order valence-electron chi connectivity index (χ2n) is 4.13. The molecule has 1 atom stereocenters. The lowest BCUT2D eigenvalue weighted by molar-refractivity contribution is -0.138. The summed E-state index contributed by atoms with van der Waals surface area (Å²) in [5.41, 5.74) is 1.06. The minimum Gasteiger partial charge on any atom is -0.480 e. The lowest BCUT2D eigenvalue weighted by Gasteiger charge is -2.16. The number of hydrogen-bond acceptors (Lipinski definition) is 5. The average molecular weight is 263 g/mol. The molecule has 0 radical (unpaired) electrons. The van der Waals surface area contributed by atoms with Crippen molar-refractivity contribution in [3.05, 3.63) is 23.4 Å². The number of aromatic nitrogens is 1. The third-order valence-corrected chi connectivity index (χ3v) is 2.61. The Kier molecular flexibility index (Phi) is 5.76. The smallest absolute Gasteiger partial charge is 0.326 e. The largest absolute Gasteiger partial charge is 0.480 e. The number of rotatable bonds is 7. The van der Waals surface area contributed by atoms with Crippen LogP contribution in [0.2, 0.25) is 0 Å². The second-order valence-corrected chi connectivity index (χ2v) is 4.13. The highest BCUT2D eigenvalue weighted by atomic mass is 16.5. The Morgan fingerprint density at radius 1 is 1.63 bits per heavy atom. The van der Waals surface area contributed by atoms with Gasteiger partial charge in [0.05, 0.1) is 5.56 Å². The van der Waals surface area contributed by atoms with Crippen LogP contribution in [-0.4, -0.2) is 35.8 Å². The predicted octanol–water partition coefficient (Wildman–Crippen LogP) is 1.55. The van der Waals surface area contributed by atoms with Crippen molar-refractivity contribution in [1.29, 1.82) is 5.26 Å². The third-order valence-electron chi connectivity index (χ3n) is 2.61. The highest BCUT2D eigenvalue weighted by molar-refractivity contribution is 5.77. The molecule has 0 aliphatic heterocycles. The first-order valence-electron chi connectivity index (χ1n) is 5.94. The molecule has 0 fully saturated rings. The standard InChI is InChI=1S/C13H17N3O3/c1-9-5-6-10(8-14)12(15-9)16-11(13(17)18)4-3-7-19-2/h5-6,11H,3-4,7H2,1-2H3,(H,15,16)(H,17,18). The van der Waals surface area contributed by atoms with Crippen molar-refractivity contribution in [2.45, 2.75) is 25.8 Å². The monoisotopic (exact) mass is 263 g/mol. The van der Waals surface area contributed by atoms with Crippen LogP contribution in [-0.2, 0) is 9.53 Å². The Labute approximate surface area is 112 Å². The molecule has 2 N–H and O–H groups in total. The van der Waals surface area contributed by atoms with Crippen LogP contribution in [0.4, 0.5) is 5.82 Å². The van der Waals surface area contributed by atoms with Gasteiger partial charge >= 0.3 is 5.97 Å². The summed E-state index contributed by atoms with van der Waals surface area (Å²) in [6, 6.07) is 4.55. The molecule has 1 aromatic heterocycles. The van der Waals surface area contributed by atoms with Gasteiger partial charge in [-0.25, -0.2) is 9.78 Å². The number of nitrogens with zero attached hydrogens (tertiary/aromatic N) is 2. The molecule has 1 rings (SSSR count). The third kappa shape index (κ3) is 4.56. The maximum Gasteiger partial charge on any atom is 0.326 e. The van der Waals surface area contributed by atoms with Crippen LogP contribution in [0.5, 0.6) is 0 Å². The van der Waals surface area contributed by atoms with Crippen LogP contribution in [0.15, 0.2) is 12.1 Å². The fourth-order valence-corrected chi connectivity index (χ4v) is 1.61. The van der Waals surface area contributed by atoms with Crippen molar-refractivity contribution in [2.75, 3.05) is 19.0 Å². The highest BCUT2D eigenvalue weighted by Crippen LogP contribution is 2.15. The van der Waals surface area contributed by atoms with E-state index in [9.17, 15) is 4.79 Å². The number of carboxylic acid groups (broad SMARTS) is 1. The van der Waals surface area contributed by atoms with Gasteiger partial charge in [0.15, 0.2) is 0 Å². The summed E-state index contributed by atoms with van der Waals surface area (Å²) in [6.45, 7) is 2.28. The van der Waals surface area contributed by atoms with Gasteiger partial charge in [-0.3, -0.25) is 0 Å². The zero-order valence-electron chi connectivity index (χ0n) is 11.0. The van der Waals surface area contributed by atoms with Crippen molar-refractivity contribution in [1.82, 2.24) is 4.98 Å². The van der Waals surface area contributed by atoms with Crippen LogP contribution in [0, 0.1) is 18.3 Å². The van der Waals surface area contributed by atoms with E-state index in [0.29, 0.717) is 30.8 Å². The summed E-state index contributed by atoms with van der Waals surface area (Å²) in [5, 5.41) is 20.9. The number of carboxylic acids is 1. The lowest BCUT2D eigenvalue weighted by Crippen LogP contribution is -2.30. The first-order chi connectivity index (χ1) is 9.08. The number of pyridine rings is 1. The predicted molar refractivity (Wildman–Crippen MR) is 69.8 cm³/mol. The van der Waals surface area contributed by atoms with Crippen molar-refractivity contribution in [2.24, 2.45) is 0 Å². The Bertz CT molecular complexity index is 483. The topological polar surface area (TPSA) is 95.2 Å². The van der Waals surface area contributed by atoms with Gasteiger partial charge in [0.2, 0.25) is 0 Å². The van der Waals surface area contributed by atoms with Crippen molar-refractivity contribution in [3.63, 3.8) is 0 Å². The normalized spacial score (nSPS) is 11.6. The Hall–Kier alpha value is -2.13. The van der Waals surface area contributed by atoms with Crippen molar-refractivity contribution < 1.29 is 14.6 Å². The molecule has 0 saturated carbocycles. The number of anilines is 1. The van der Waals surface area contributed by atoms with Crippen molar-refractivity contribution >= 4 is 11.8 Å². The maximum absolute atomic E-state index is 11.2. The number of nitrogens with one attached hydrogen (secondary N) is 1. The first-order valence-corrected chi connectivity index (χ1v) is 5.94. The van der Waals surface area contributed by atoms with Gasteiger partial charge < -0.3 is 15.2 Å². The lowest BCUT2D eigenvalue weighted by atomic mass is 10.1.